The molecule has 0 saturated heterocycles. The number of benzene rings is 2. The summed E-state index contributed by atoms with van der Waals surface area (Å²) in [5.74, 6) is 0. The van der Waals surface area contributed by atoms with Crippen LogP contribution in [0.1, 0.15) is 22.3 Å². The van der Waals surface area contributed by atoms with E-state index in [4.69, 9.17) is 23.2 Å². The van der Waals surface area contributed by atoms with Gasteiger partial charge in [-0.15, -0.1) is 0 Å². The van der Waals surface area contributed by atoms with Gasteiger partial charge in [0.2, 0.25) is 0 Å². The first kappa shape index (κ1) is 13.8. The van der Waals surface area contributed by atoms with Gasteiger partial charge in [0, 0.05) is 18.8 Å². The maximum absolute atomic E-state index is 6.13. The molecule has 1 nitrogen and oxygen atoms in total. The number of rotatable bonds is 1. The third-order valence-electron chi connectivity index (χ3n) is 3.98. The molecule has 20 heavy (non-hydrogen) atoms. The zero-order valence-corrected chi connectivity index (χ0v) is 13.2. The molecule has 3 rings (SSSR count). The van der Waals surface area contributed by atoms with E-state index in [2.05, 4.69) is 30.9 Å². The number of halogens is 2. The number of hydrogen-bond acceptors (Lipinski definition) is 1. The monoisotopic (exact) mass is 305 g/mol. The summed E-state index contributed by atoms with van der Waals surface area (Å²) in [6.07, 6.45) is 1.08. The summed E-state index contributed by atoms with van der Waals surface area (Å²) in [6, 6.07) is 10.4. The molecule has 0 fully saturated rings. The van der Waals surface area contributed by atoms with Crippen molar-refractivity contribution in [3.8, 4) is 0 Å². The van der Waals surface area contributed by atoms with E-state index < -0.39 is 0 Å². The topological polar surface area (TPSA) is 3.24 Å². The van der Waals surface area contributed by atoms with Gasteiger partial charge in [-0.25, -0.2) is 0 Å². The predicted molar refractivity (Wildman–Crippen MR) is 87.1 cm³/mol. The SMILES string of the molecule is Cc1cc(C)c2c(c1)CCN(c1ccc(Cl)c(Cl)c1)C2. The molecule has 0 amide bonds. The maximum Gasteiger partial charge on any atom is 0.0612 e. The summed E-state index contributed by atoms with van der Waals surface area (Å²) in [4.78, 5) is 2.37. The van der Waals surface area contributed by atoms with Gasteiger partial charge < -0.3 is 4.90 Å². The molecule has 0 aliphatic carbocycles. The molecule has 0 aromatic heterocycles. The summed E-state index contributed by atoms with van der Waals surface area (Å²) >= 11 is 12.1. The molecule has 0 atom stereocenters. The Morgan fingerprint density at radius 3 is 2.55 bits per heavy atom. The molecule has 1 heterocycles. The quantitative estimate of drug-likeness (QED) is 0.702. The number of anilines is 1. The van der Waals surface area contributed by atoms with Crippen LogP contribution in [0.4, 0.5) is 5.69 Å². The lowest BCUT2D eigenvalue weighted by atomic mass is 9.93. The van der Waals surface area contributed by atoms with E-state index >= 15 is 0 Å². The van der Waals surface area contributed by atoms with Gasteiger partial charge in [0.05, 0.1) is 10.0 Å². The van der Waals surface area contributed by atoms with Crippen molar-refractivity contribution in [1.82, 2.24) is 0 Å². The Bertz CT molecular complexity index is 664. The molecule has 0 N–H and O–H groups in total. The Morgan fingerprint density at radius 1 is 1.00 bits per heavy atom. The number of fused-ring (bicyclic) bond motifs is 1. The van der Waals surface area contributed by atoms with Crippen LogP contribution in [0, 0.1) is 13.8 Å². The van der Waals surface area contributed by atoms with Gasteiger partial charge in [-0.05, 0) is 55.2 Å². The van der Waals surface area contributed by atoms with Crippen molar-refractivity contribution in [2.24, 2.45) is 0 Å². The number of hydrogen-bond donors (Lipinski definition) is 0. The van der Waals surface area contributed by atoms with E-state index in [0.717, 1.165) is 25.2 Å². The summed E-state index contributed by atoms with van der Waals surface area (Å²) in [5, 5.41) is 1.23. The molecule has 0 bridgehead atoms. The first-order valence-electron chi connectivity index (χ1n) is 6.83. The summed E-state index contributed by atoms with van der Waals surface area (Å²) in [7, 11) is 0. The molecule has 2 aromatic carbocycles. The molecule has 2 aromatic rings. The lowest BCUT2D eigenvalue weighted by Gasteiger charge is -2.32. The minimum absolute atomic E-state index is 0.611. The Morgan fingerprint density at radius 2 is 1.80 bits per heavy atom. The zero-order chi connectivity index (χ0) is 14.3. The highest BCUT2D eigenvalue weighted by Gasteiger charge is 2.19. The zero-order valence-electron chi connectivity index (χ0n) is 11.7. The van der Waals surface area contributed by atoms with Crippen molar-refractivity contribution >= 4 is 28.9 Å². The lowest BCUT2D eigenvalue weighted by Crippen LogP contribution is -2.31. The van der Waals surface area contributed by atoms with E-state index in [1.807, 2.05) is 18.2 Å². The first-order chi connectivity index (χ1) is 9.54. The van der Waals surface area contributed by atoms with E-state index in [1.165, 1.54) is 22.3 Å². The lowest BCUT2D eigenvalue weighted by molar-refractivity contribution is 0.726. The molecule has 0 radical (unpaired) electrons. The van der Waals surface area contributed by atoms with E-state index in [9.17, 15) is 0 Å². The Balaban J connectivity index is 1.93. The highest BCUT2D eigenvalue weighted by Crippen LogP contribution is 2.31. The van der Waals surface area contributed by atoms with Crippen molar-refractivity contribution < 1.29 is 0 Å². The molecule has 104 valence electrons. The van der Waals surface area contributed by atoms with Crippen LogP contribution in [-0.4, -0.2) is 6.54 Å². The van der Waals surface area contributed by atoms with Crippen molar-refractivity contribution in [1.29, 1.82) is 0 Å². The fourth-order valence-electron chi connectivity index (χ4n) is 2.96. The van der Waals surface area contributed by atoms with Gasteiger partial charge in [-0.1, -0.05) is 40.9 Å². The third kappa shape index (κ3) is 2.53. The highest BCUT2D eigenvalue weighted by molar-refractivity contribution is 6.42. The third-order valence-corrected chi connectivity index (χ3v) is 4.72. The summed E-state index contributed by atoms with van der Waals surface area (Å²) < 4.78 is 0. The van der Waals surface area contributed by atoms with Gasteiger partial charge in [0.25, 0.3) is 0 Å². The fraction of sp³-hybridized carbons (Fsp3) is 0.294. The molecule has 0 saturated carbocycles. The highest BCUT2D eigenvalue weighted by atomic mass is 35.5. The van der Waals surface area contributed by atoms with Crippen LogP contribution < -0.4 is 4.90 Å². The number of aryl methyl sites for hydroxylation is 2. The largest absolute Gasteiger partial charge is 0.367 e. The molecule has 0 spiro atoms. The normalized spacial score (nSPS) is 14.3. The molecule has 1 aliphatic heterocycles. The summed E-state index contributed by atoms with van der Waals surface area (Å²) in [5.41, 5.74) is 6.81. The van der Waals surface area contributed by atoms with Crippen molar-refractivity contribution in [2.75, 3.05) is 11.4 Å². The number of nitrogens with zero attached hydrogens (tertiary/aromatic N) is 1. The second-order valence-corrected chi connectivity index (χ2v) is 6.30. The average Bonchev–Trinajstić information content (AvgIpc) is 2.41. The van der Waals surface area contributed by atoms with E-state index in [1.54, 1.807) is 0 Å². The van der Waals surface area contributed by atoms with Crippen LogP contribution in [0.3, 0.4) is 0 Å². The van der Waals surface area contributed by atoms with Crippen molar-refractivity contribution in [3.05, 3.63) is 62.6 Å². The van der Waals surface area contributed by atoms with Crippen LogP contribution in [0.15, 0.2) is 30.3 Å². The van der Waals surface area contributed by atoms with Crippen LogP contribution >= 0.6 is 23.2 Å². The average molecular weight is 306 g/mol. The Hall–Kier alpha value is -1.18. The Labute approximate surface area is 130 Å². The maximum atomic E-state index is 6.13. The molecular weight excluding hydrogens is 289 g/mol. The van der Waals surface area contributed by atoms with E-state index in [0.29, 0.717) is 10.0 Å². The van der Waals surface area contributed by atoms with Gasteiger partial charge in [0.1, 0.15) is 0 Å². The van der Waals surface area contributed by atoms with Crippen LogP contribution in [0.2, 0.25) is 10.0 Å². The standard InChI is InChI=1S/C17H17Cl2N/c1-11-7-12(2)15-10-20(6-5-13(15)8-11)14-3-4-16(18)17(19)9-14/h3-4,7-9H,5-6,10H2,1-2H3. The predicted octanol–water partition coefficient (Wildman–Crippen LogP) is 5.17. The van der Waals surface area contributed by atoms with Gasteiger partial charge in [-0.3, -0.25) is 0 Å². The van der Waals surface area contributed by atoms with Crippen molar-refractivity contribution in [3.63, 3.8) is 0 Å². The minimum Gasteiger partial charge on any atom is -0.367 e. The van der Waals surface area contributed by atoms with Crippen molar-refractivity contribution in [2.45, 2.75) is 26.8 Å². The second-order valence-electron chi connectivity index (χ2n) is 5.49. The van der Waals surface area contributed by atoms with Gasteiger partial charge in [-0.2, -0.15) is 0 Å². The Kier molecular flexibility index (Phi) is 3.66. The van der Waals surface area contributed by atoms with Gasteiger partial charge in [0.15, 0.2) is 0 Å². The second kappa shape index (κ2) is 5.31. The van der Waals surface area contributed by atoms with E-state index in [-0.39, 0.29) is 0 Å². The molecule has 3 heteroatoms. The van der Waals surface area contributed by atoms with Crippen LogP contribution in [0.5, 0.6) is 0 Å². The van der Waals surface area contributed by atoms with Crippen LogP contribution in [0.25, 0.3) is 0 Å². The van der Waals surface area contributed by atoms with Crippen LogP contribution in [-0.2, 0) is 13.0 Å². The molecular formula is C17H17Cl2N. The molecule has 1 aliphatic rings. The molecule has 0 unspecified atom stereocenters. The fourth-order valence-corrected chi connectivity index (χ4v) is 3.25. The first-order valence-corrected chi connectivity index (χ1v) is 7.59. The summed E-state index contributed by atoms with van der Waals surface area (Å²) in [6.45, 7) is 6.33. The smallest absolute Gasteiger partial charge is 0.0612 e. The van der Waals surface area contributed by atoms with Gasteiger partial charge >= 0.3 is 0 Å². The minimum atomic E-state index is 0.611.